The lowest BCUT2D eigenvalue weighted by Gasteiger charge is -2.08. The Balaban J connectivity index is 0.000000189. The number of carbonyl (C=O) groups excluding carboxylic acids is 2. The number of carbonyl (C=O) groups is 2. The lowest BCUT2D eigenvalue weighted by molar-refractivity contribution is 0.101. The number of benzene rings is 6. The summed E-state index contributed by atoms with van der Waals surface area (Å²) < 4.78 is 72.2. The van der Waals surface area contributed by atoms with Gasteiger partial charge in [-0.25, -0.2) is 26.4 Å². The Labute approximate surface area is 364 Å². The van der Waals surface area contributed by atoms with Gasteiger partial charge in [0, 0.05) is 38.3 Å². The lowest BCUT2D eigenvalue weighted by Crippen LogP contribution is -2.15. The molecule has 0 unspecified atom stereocenters. The molecule has 17 heteroatoms. The second-order valence-electron chi connectivity index (χ2n) is 13.4. The number of nitrogens with one attached hydrogen (secondary N) is 2. The van der Waals surface area contributed by atoms with E-state index >= 15 is 0 Å². The molecule has 0 aliphatic heterocycles. The molecule has 0 aliphatic rings. The van der Waals surface area contributed by atoms with Crippen molar-refractivity contribution in [2.45, 2.75) is 19.6 Å². The first-order valence-corrected chi connectivity index (χ1v) is 21.9. The maximum Gasteiger partial charge on any atom is 0.355 e. The minimum Gasteiger partial charge on any atom is -0.497 e. The standard InChI is InChI=1S/C23H16ClNO6S.C23H17NO6S/c1-30-18-7-5-17(6-8-18)25-22(26)14-2-11-20-15(12-14)13-21(23(27)31-20)32(28,29)19-9-3-16(24)4-10-19;1-29-18-10-8-17(9-11-18)24-22(25)15-7-12-20-16(13-15)14-21(23(26)30-20)31(27,28)19-5-3-2-4-6-19/h2-13H,1H3,(H,25,26);2-14H,1H3,(H,24,25). The Morgan fingerprint density at radius 1 is 0.508 bits per heavy atom. The molecule has 2 heterocycles. The monoisotopic (exact) mass is 904 g/mol. The van der Waals surface area contributed by atoms with Crippen LogP contribution in [-0.2, 0) is 19.7 Å². The minimum atomic E-state index is -4.14. The zero-order chi connectivity index (χ0) is 44.9. The molecule has 0 atom stereocenters. The van der Waals surface area contributed by atoms with E-state index in [9.17, 15) is 36.0 Å². The van der Waals surface area contributed by atoms with Crippen LogP contribution in [0.5, 0.6) is 11.5 Å². The van der Waals surface area contributed by atoms with Crippen molar-refractivity contribution in [3.8, 4) is 11.5 Å². The predicted molar refractivity (Wildman–Crippen MR) is 236 cm³/mol. The van der Waals surface area contributed by atoms with Crippen LogP contribution in [0.4, 0.5) is 11.4 Å². The molecule has 0 radical (unpaired) electrons. The van der Waals surface area contributed by atoms with E-state index in [0.717, 1.165) is 0 Å². The maximum atomic E-state index is 12.9. The molecule has 0 bridgehead atoms. The van der Waals surface area contributed by atoms with Gasteiger partial charge in [-0.3, -0.25) is 9.59 Å². The average molecular weight is 905 g/mol. The Morgan fingerprint density at radius 2 is 0.905 bits per heavy atom. The number of hydrogen-bond acceptors (Lipinski definition) is 12. The van der Waals surface area contributed by atoms with Crippen LogP contribution in [0.25, 0.3) is 21.9 Å². The van der Waals surface area contributed by atoms with Gasteiger partial charge in [0.25, 0.3) is 11.8 Å². The molecule has 318 valence electrons. The van der Waals surface area contributed by atoms with Gasteiger partial charge < -0.3 is 28.9 Å². The van der Waals surface area contributed by atoms with Crippen molar-refractivity contribution in [2.24, 2.45) is 0 Å². The fourth-order valence-electron chi connectivity index (χ4n) is 6.09. The number of amides is 2. The van der Waals surface area contributed by atoms with Crippen molar-refractivity contribution in [3.63, 3.8) is 0 Å². The highest BCUT2D eigenvalue weighted by atomic mass is 35.5. The van der Waals surface area contributed by atoms with Gasteiger partial charge in [-0.1, -0.05) is 29.8 Å². The van der Waals surface area contributed by atoms with Crippen molar-refractivity contribution in [1.82, 2.24) is 0 Å². The molecule has 63 heavy (non-hydrogen) atoms. The normalized spacial score (nSPS) is 11.3. The van der Waals surface area contributed by atoms with E-state index in [2.05, 4.69) is 10.6 Å². The van der Waals surface area contributed by atoms with Gasteiger partial charge >= 0.3 is 11.3 Å². The molecule has 2 aromatic heterocycles. The van der Waals surface area contributed by atoms with E-state index in [0.29, 0.717) is 38.7 Å². The third kappa shape index (κ3) is 9.68. The molecule has 0 fully saturated rings. The predicted octanol–water partition coefficient (Wildman–Crippen LogP) is 8.43. The first-order valence-electron chi connectivity index (χ1n) is 18.5. The van der Waals surface area contributed by atoms with Crippen molar-refractivity contribution in [3.05, 3.63) is 189 Å². The van der Waals surface area contributed by atoms with Gasteiger partial charge in [-0.2, -0.15) is 0 Å². The van der Waals surface area contributed by atoms with Crippen LogP contribution in [0.1, 0.15) is 20.7 Å². The Kier molecular flexibility index (Phi) is 12.6. The van der Waals surface area contributed by atoms with E-state index in [1.54, 1.807) is 80.9 Å². The zero-order valence-electron chi connectivity index (χ0n) is 33.0. The van der Waals surface area contributed by atoms with E-state index in [1.165, 1.54) is 84.9 Å². The molecule has 0 saturated carbocycles. The van der Waals surface area contributed by atoms with Gasteiger partial charge in [-0.05, 0) is 133 Å². The molecule has 14 nitrogen and oxygen atoms in total. The number of sulfone groups is 2. The number of hydrogen-bond donors (Lipinski definition) is 2. The molecule has 0 aliphatic carbocycles. The number of methoxy groups -OCH3 is 2. The van der Waals surface area contributed by atoms with Crippen LogP contribution in [-0.4, -0.2) is 42.9 Å². The first kappa shape index (κ1) is 43.6. The van der Waals surface area contributed by atoms with Crippen LogP contribution in [0, 0.1) is 0 Å². The first-order chi connectivity index (χ1) is 30.2. The van der Waals surface area contributed by atoms with Gasteiger partial charge in [0.05, 0.1) is 24.0 Å². The van der Waals surface area contributed by atoms with Gasteiger partial charge in [0.2, 0.25) is 19.7 Å². The quantitative estimate of drug-likeness (QED) is 0.124. The van der Waals surface area contributed by atoms with E-state index in [-0.39, 0.29) is 32.1 Å². The Hall–Kier alpha value is -7.53. The summed E-state index contributed by atoms with van der Waals surface area (Å²) in [5.74, 6) is 0.500. The van der Waals surface area contributed by atoms with Crippen molar-refractivity contribution in [1.29, 1.82) is 0 Å². The molecule has 6 aromatic carbocycles. The lowest BCUT2D eigenvalue weighted by atomic mass is 10.1. The summed E-state index contributed by atoms with van der Waals surface area (Å²) >= 11 is 5.82. The second-order valence-corrected chi connectivity index (χ2v) is 17.7. The molecular formula is C46H33ClN2O12S2. The molecule has 8 rings (SSSR count). The van der Waals surface area contributed by atoms with Crippen LogP contribution in [0.2, 0.25) is 5.02 Å². The van der Waals surface area contributed by atoms with Crippen molar-refractivity contribution < 1.29 is 44.7 Å². The highest BCUT2D eigenvalue weighted by Gasteiger charge is 2.25. The molecule has 0 saturated heterocycles. The average Bonchev–Trinajstić information content (AvgIpc) is 3.29. The Morgan fingerprint density at radius 3 is 1.30 bits per heavy atom. The minimum absolute atomic E-state index is 0.0185. The van der Waals surface area contributed by atoms with Gasteiger partial charge in [0.15, 0.2) is 9.79 Å². The fraction of sp³-hybridized carbons (Fsp3) is 0.0435. The number of rotatable bonds is 10. The third-order valence-corrected chi connectivity index (χ3v) is 13.1. The molecule has 2 N–H and O–H groups in total. The summed E-state index contributed by atoms with van der Waals surface area (Å²) in [6.45, 7) is 0. The van der Waals surface area contributed by atoms with Gasteiger partial charge in [-0.15, -0.1) is 0 Å². The van der Waals surface area contributed by atoms with Crippen molar-refractivity contribution >= 4 is 76.4 Å². The number of halogens is 1. The van der Waals surface area contributed by atoms with Crippen molar-refractivity contribution in [2.75, 3.05) is 24.9 Å². The van der Waals surface area contributed by atoms with Crippen LogP contribution in [0.15, 0.2) is 190 Å². The highest BCUT2D eigenvalue weighted by Crippen LogP contribution is 2.26. The SMILES string of the molecule is COc1ccc(NC(=O)c2ccc3oc(=O)c(S(=O)(=O)c4ccc(Cl)cc4)cc3c2)cc1.COc1ccc(NC(=O)c2ccc3oc(=O)c(S(=O)(=O)c4ccccc4)cc3c2)cc1. The number of ether oxygens (including phenoxy) is 2. The maximum absolute atomic E-state index is 12.9. The zero-order valence-corrected chi connectivity index (χ0v) is 35.4. The molecule has 8 aromatic rings. The van der Waals surface area contributed by atoms with E-state index < -0.39 is 52.5 Å². The van der Waals surface area contributed by atoms with E-state index in [4.69, 9.17) is 29.9 Å². The third-order valence-electron chi connectivity index (χ3n) is 9.38. The van der Waals surface area contributed by atoms with Gasteiger partial charge in [0.1, 0.15) is 22.7 Å². The summed E-state index contributed by atoms with van der Waals surface area (Å²) in [5, 5.41) is 6.47. The highest BCUT2D eigenvalue weighted by molar-refractivity contribution is 7.91. The second kappa shape index (κ2) is 18.2. The summed E-state index contributed by atoms with van der Waals surface area (Å²) in [4.78, 5) is 48.9. The molecule has 0 spiro atoms. The van der Waals surface area contributed by atoms with Crippen LogP contribution in [0.3, 0.4) is 0 Å². The van der Waals surface area contributed by atoms with Crippen LogP contribution >= 0.6 is 11.6 Å². The summed E-state index contributed by atoms with van der Waals surface area (Å²) in [6.07, 6.45) is 0. The number of anilines is 2. The Bertz CT molecular complexity index is 3360. The summed E-state index contributed by atoms with van der Waals surface area (Å²) in [7, 11) is -5.12. The van der Waals surface area contributed by atoms with Crippen LogP contribution < -0.4 is 31.4 Å². The fourth-order valence-corrected chi connectivity index (χ4v) is 8.82. The summed E-state index contributed by atoms with van der Waals surface area (Å²) in [6, 6.07) is 37.9. The largest absolute Gasteiger partial charge is 0.497 e. The summed E-state index contributed by atoms with van der Waals surface area (Å²) in [5.41, 5.74) is 0.0373. The molecular weight excluding hydrogens is 872 g/mol. The number of fused-ring (bicyclic) bond motifs is 2. The van der Waals surface area contributed by atoms with E-state index in [1.807, 2.05) is 0 Å². The molecule has 2 amide bonds. The smallest absolute Gasteiger partial charge is 0.355 e. The topological polar surface area (TPSA) is 205 Å².